The lowest BCUT2D eigenvalue weighted by atomic mass is 9.77. The van der Waals surface area contributed by atoms with Crippen molar-refractivity contribution in [2.45, 2.75) is 24.0 Å². The summed E-state index contributed by atoms with van der Waals surface area (Å²) in [6, 6.07) is 20.2. The zero-order chi connectivity index (χ0) is 13.6. The van der Waals surface area contributed by atoms with Crippen LogP contribution in [0, 0.1) is 5.92 Å². The van der Waals surface area contributed by atoms with Gasteiger partial charge in [-0.3, -0.25) is 0 Å². The van der Waals surface area contributed by atoms with E-state index in [1.165, 1.54) is 6.42 Å². The van der Waals surface area contributed by atoms with Gasteiger partial charge in [0.15, 0.2) is 0 Å². The molecule has 0 amide bonds. The van der Waals surface area contributed by atoms with E-state index in [4.69, 9.17) is 0 Å². The van der Waals surface area contributed by atoms with Crippen molar-refractivity contribution in [2.24, 2.45) is 5.92 Å². The van der Waals surface area contributed by atoms with Crippen molar-refractivity contribution >= 4 is 0 Å². The highest BCUT2D eigenvalue weighted by Crippen LogP contribution is 2.61. The monoisotopic (exact) mass is 265 g/mol. The molecule has 0 bridgehead atoms. The smallest absolute Gasteiger partial charge is 0.133 e. The number of aliphatic hydroxyl groups is 1. The molecule has 0 radical (unpaired) electrons. The van der Waals surface area contributed by atoms with Crippen LogP contribution in [0.3, 0.4) is 0 Å². The predicted octanol–water partition coefficient (Wildman–Crippen LogP) is 2.67. The SMILES string of the molecule is OC(c1ccccc1)(c1ccccc1)C12CC1CCN2. The van der Waals surface area contributed by atoms with E-state index in [9.17, 15) is 5.11 Å². The average Bonchev–Trinajstić information content (AvgIpc) is 3.10. The molecule has 2 N–H and O–H groups in total. The highest BCUT2D eigenvalue weighted by atomic mass is 16.3. The van der Waals surface area contributed by atoms with Gasteiger partial charge in [0.2, 0.25) is 0 Å². The van der Waals surface area contributed by atoms with Gasteiger partial charge in [-0.2, -0.15) is 0 Å². The first-order chi connectivity index (χ1) is 9.77. The summed E-state index contributed by atoms with van der Waals surface area (Å²) < 4.78 is 0. The molecule has 1 saturated heterocycles. The maximum atomic E-state index is 11.7. The summed E-state index contributed by atoms with van der Waals surface area (Å²) in [4.78, 5) is 0. The second-order valence-electron chi connectivity index (χ2n) is 6.03. The molecule has 2 heteroatoms. The van der Waals surface area contributed by atoms with E-state index < -0.39 is 5.60 Å². The standard InChI is InChI=1S/C18H19NO/c20-18(14-7-3-1-4-8-14,15-9-5-2-6-10-15)17-13-16(17)11-12-19-17/h1-10,16,19-20H,11-13H2. The zero-order valence-electron chi connectivity index (χ0n) is 11.4. The first-order valence-electron chi connectivity index (χ1n) is 7.36. The van der Waals surface area contributed by atoms with Gasteiger partial charge in [-0.15, -0.1) is 0 Å². The minimum Gasteiger partial charge on any atom is -0.378 e. The minimum atomic E-state index is -0.934. The van der Waals surface area contributed by atoms with Crippen molar-refractivity contribution in [3.63, 3.8) is 0 Å². The second-order valence-corrected chi connectivity index (χ2v) is 6.03. The third kappa shape index (κ3) is 1.46. The quantitative estimate of drug-likeness (QED) is 0.894. The van der Waals surface area contributed by atoms with Crippen LogP contribution in [0.15, 0.2) is 60.7 Å². The highest BCUT2D eigenvalue weighted by Gasteiger charge is 2.69. The number of benzene rings is 2. The van der Waals surface area contributed by atoms with Crippen LogP contribution in [0.4, 0.5) is 0 Å². The molecule has 2 atom stereocenters. The molecule has 0 spiro atoms. The number of piperidine rings is 1. The molecule has 1 saturated carbocycles. The molecule has 0 aromatic heterocycles. The summed E-state index contributed by atoms with van der Waals surface area (Å²) >= 11 is 0. The Kier molecular flexibility index (Phi) is 2.53. The number of rotatable bonds is 3. The molecule has 2 aliphatic rings. The van der Waals surface area contributed by atoms with Gasteiger partial charge < -0.3 is 10.4 Å². The molecular weight excluding hydrogens is 246 g/mol. The maximum absolute atomic E-state index is 11.7. The number of nitrogens with one attached hydrogen (secondary N) is 1. The molecule has 2 nitrogen and oxygen atoms in total. The van der Waals surface area contributed by atoms with Gasteiger partial charge in [0.05, 0.1) is 5.54 Å². The van der Waals surface area contributed by atoms with Crippen LogP contribution in [-0.4, -0.2) is 17.2 Å². The van der Waals surface area contributed by atoms with E-state index in [-0.39, 0.29) is 5.54 Å². The molecule has 2 fully saturated rings. The molecule has 1 aliphatic carbocycles. The summed E-state index contributed by atoms with van der Waals surface area (Å²) in [6.07, 6.45) is 2.23. The van der Waals surface area contributed by atoms with E-state index >= 15 is 0 Å². The van der Waals surface area contributed by atoms with Gasteiger partial charge >= 0.3 is 0 Å². The predicted molar refractivity (Wildman–Crippen MR) is 79.3 cm³/mol. The van der Waals surface area contributed by atoms with Crippen LogP contribution in [0.25, 0.3) is 0 Å². The van der Waals surface area contributed by atoms with Crippen LogP contribution in [0.1, 0.15) is 24.0 Å². The Morgan fingerprint density at radius 3 is 1.90 bits per heavy atom. The topological polar surface area (TPSA) is 32.3 Å². The van der Waals surface area contributed by atoms with E-state index in [2.05, 4.69) is 5.32 Å². The van der Waals surface area contributed by atoms with E-state index in [1.54, 1.807) is 0 Å². The van der Waals surface area contributed by atoms with Crippen molar-refractivity contribution in [3.05, 3.63) is 71.8 Å². The first kappa shape index (κ1) is 12.1. The van der Waals surface area contributed by atoms with Crippen molar-refractivity contribution < 1.29 is 5.11 Å². The fourth-order valence-electron chi connectivity index (χ4n) is 3.98. The van der Waals surface area contributed by atoms with Crippen LogP contribution in [-0.2, 0) is 5.60 Å². The summed E-state index contributed by atoms with van der Waals surface area (Å²) in [5.74, 6) is 0.591. The van der Waals surface area contributed by atoms with Gasteiger partial charge in [0.1, 0.15) is 5.60 Å². The Morgan fingerprint density at radius 2 is 1.50 bits per heavy atom. The Bertz CT molecular complexity index is 570. The Morgan fingerprint density at radius 1 is 0.950 bits per heavy atom. The number of fused-ring (bicyclic) bond motifs is 1. The minimum absolute atomic E-state index is 0.171. The van der Waals surface area contributed by atoms with Gasteiger partial charge in [-0.25, -0.2) is 0 Å². The van der Waals surface area contributed by atoms with E-state index in [0.717, 1.165) is 24.1 Å². The van der Waals surface area contributed by atoms with Gasteiger partial charge in [-0.1, -0.05) is 60.7 Å². The lowest BCUT2D eigenvalue weighted by molar-refractivity contribution is 0.0267. The van der Waals surface area contributed by atoms with Crippen LogP contribution in [0.5, 0.6) is 0 Å². The third-order valence-corrected chi connectivity index (χ3v) is 5.07. The lowest BCUT2D eigenvalue weighted by Gasteiger charge is -2.37. The number of hydrogen-bond acceptors (Lipinski definition) is 2. The summed E-state index contributed by atoms with van der Waals surface area (Å²) in [7, 11) is 0. The Balaban J connectivity index is 1.90. The lowest BCUT2D eigenvalue weighted by Crippen LogP contribution is -2.50. The second kappa shape index (κ2) is 4.18. The van der Waals surface area contributed by atoms with Crippen molar-refractivity contribution in [3.8, 4) is 0 Å². The molecule has 20 heavy (non-hydrogen) atoms. The molecule has 2 aromatic carbocycles. The van der Waals surface area contributed by atoms with Crippen LogP contribution < -0.4 is 5.32 Å². The van der Waals surface area contributed by atoms with Crippen LogP contribution >= 0.6 is 0 Å². The molecular formula is C18H19NO. The Hall–Kier alpha value is -1.64. The Labute approximate surface area is 119 Å². The van der Waals surface area contributed by atoms with Gasteiger partial charge in [0.25, 0.3) is 0 Å². The fourth-order valence-corrected chi connectivity index (χ4v) is 3.98. The largest absolute Gasteiger partial charge is 0.378 e. The molecule has 102 valence electrons. The number of hydrogen-bond donors (Lipinski definition) is 2. The molecule has 2 aromatic rings. The first-order valence-corrected chi connectivity index (χ1v) is 7.36. The van der Waals surface area contributed by atoms with Crippen LogP contribution in [0.2, 0.25) is 0 Å². The summed E-state index contributed by atoms with van der Waals surface area (Å²) in [5, 5.41) is 15.3. The molecule has 1 aliphatic heterocycles. The maximum Gasteiger partial charge on any atom is 0.133 e. The van der Waals surface area contributed by atoms with E-state index in [1.807, 2.05) is 60.7 Å². The zero-order valence-corrected chi connectivity index (χ0v) is 11.4. The normalized spacial score (nSPS) is 28.1. The van der Waals surface area contributed by atoms with Gasteiger partial charge in [-0.05, 0) is 36.4 Å². The van der Waals surface area contributed by atoms with E-state index in [0.29, 0.717) is 5.92 Å². The van der Waals surface area contributed by atoms with Crippen molar-refractivity contribution in [1.29, 1.82) is 0 Å². The van der Waals surface area contributed by atoms with Crippen molar-refractivity contribution in [1.82, 2.24) is 5.32 Å². The fraction of sp³-hybridized carbons (Fsp3) is 0.333. The molecule has 2 unspecified atom stereocenters. The summed E-state index contributed by atoms with van der Waals surface area (Å²) in [6.45, 7) is 1.01. The summed E-state index contributed by atoms with van der Waals surface area (Å²) in [5.41, 5.74) is 0.873. The molecule has 4 rings (SSSR count). The van der Waals surface area contributed by atoms with Crippen molar-refractivity contribution in [2.75, 3.05) is 6.54 Å². The third-order valence-electron chi connectivity index (χ3n) is 5.07. The highest BCUT2D eigenvalue weighted by molar-refractivity contribution is 5.45. The molecule has 1 heterocycles. The van der Waals surface area contributed by atoms with Gasteiger partial charge in [0, 0.05) is 0 Å². The average molecular weight is 265 g/mol.